The minimum atomic E-state index is -3.76. The molecule has 29 heteroatoms. The van der Waals surface area contributed by atoms with Crippen LogP contribution >= 0.6 is 0 Å². The van der Waals surface area contributed by atoms with Crippen molar-refractivity contribution in [3.63, 3.8) is 0 Å². The van der Waals surface area contributed by atoms with Crippen molar-refractivity contribution in [2.75, 3.05) is 6.23 Å². The Labute approximate surface area is 530 Å². The zero-order valence-electron chi connectivity index (χ0n) is 54.5. The van der Waals surface area contributed by atoms with Gasteiger partial charge in [0.15, 0.2) is 39.4 Å². The Kier molecular flexibility index (Phi) is 68.1. The third-order valence-corrected chi connectivity index (χ3v) is 42.1. The van der Waals surface area contributed by atoms with Crippen molar-refractivity contribution in [1.29, 1.82) is 0 Å². The smallest absolute Gasteiger partial charge is 0.437 e. The van der Waals surface area contributed by atoms with Crippen LogP contribution in [0.4, 0.5) is 0 Å². The molecule has 0 saturated heterocycles. The molecule has 4 atom stereocenters. The van der Waals surface area contributed by atoms with Gasteiger partial charge in [-0.15, -0.1) is 6.42 Å². The van der Waals surface area contributed by atoms with E-state index in [1.54, 1.807) is 0 Å². The lowest BCUT2D eigenvalue weighted by Gasteiger charge is -2.46. The van der Waals surface area contributed by atoms with E-state index in [0.717, 1.165) is 25.3 Å². The summed E-state index contributed by atoms with van der Waals surface area (Å²) < 4.78 is 64.0. The fourth-order valence-electron chi connectivity index (χ4n) is 7.71. The molecule has 0 aromatic carbocycles. The number of terminal acetylenes is 1. The minimum Gasteiger partial charge on any atom is -0.437 e. The highest BCUT2D eigenvalue weighted by molar-refractivity contribution is 6.94. The van der Waals surface area contributed by atoms with Gasteiger partial charge in [0, 0.05) is 75.8 Å². The van der Waals surface area contributed by atoms with Gasteiger partial charge in [-0.25, -0.2) is 0 Å². The maximum Gasteiger partial charge on any atom is 0.479 e. The first-order valence-electron chi connectivity index (χ1n) is 26.4. The number of ether oxygens (including phenoxy) is 1. The van der Waals surface area contributed by atoms with Gasteiger partial charge in [-0.2, -0.15) is 0 Å². The summed E-state index contributed by atoms with van der Waals surface area (Å²) in [5, 5.41) is 0.271. The van der Waals surface area contributed by atoms with E-state index >= 15 is 0 Å². The van der Waals surface area contributed by atoms with Crippen LogP contribution in [0.15, 0.2) is 17.7 Å². The number of rotatable bonds is 33. The maximum absolute atomic E-state index is 7.66. The molecule has 0 radical (unpaired) electrons. The lowest BCUT2D eigenvalue weighted by atomic mass is 10.1. The summed E-state index contributed by atoms with van der Waals surface area (Å²) in [6, 6.07) is 1.85. The van der Waals surface area contributed by atoms with E-state index in [9.17, 15) is 0 Å². The molecule has 494 valence electrons. The van der Waals surface area contributed by atoms with Crippen LogP contribution in [0.2, 0.25) is 136 Å². The van der Waals surface area contributed by atoms with E-state index in [4.69, 9.17) is 44.4 Å². The quantitative estimate of drug-likeness (QED) is 0.0287. The molecule has 0 bridgehead atoms. The highest BCUT2D eigenvalue weighted by atomic mass is 28.5. The van der Waals surface area contributed by atoms with Gasteiger partial charge in [0.2, 0.25) is 0 Å². The van der Waals surface area contributed by atoms with Gasteiger partial charge in [0.1, 0.15) is 6.11 Å². The highest BCUT2D eigenvalue weighted by Crippen LogP contribution is 2.37. The standard InChI is InChI=1S/C56H90O9Si10.10H2O.3H2/c1-22-25-27-29-31-33-35-36-37-38-39-40-41-42-43-45-47-49-51-57-56(24-3)74(21,64-72(19,63-71(17,18)60-68(8,9)10)52-50-48-46-44-34-32-30-28-26-23-2)65-73(20,61-69(11,12)13)53-54-75(59-67(6)7,58-55-66(4)5)62-70(14,15)16;;;;;;;;;;;;;/h1,66-67H,3,23,26,28,30,32,34,44,46,48,50,52-55H2,2,4-21H3;10*1H2;3*1H. The van der Waals surface area contributed by atoms with Gasteiger partial charge >= 0.3 is 43.0 Å². The fraction of sp³-hybridized carbons (Fsp3) is 0.589. The molecule has 0 spiro atoms. The van der Waals surface area contributed by atoms with Gasteiger partial charge in [0.25, 0.3) is 0 Å². The summed E-state index contributed by atoms with van der Waals surface area (Å²) in [6.07, 6.45) is 20.6. The molecule has 19 nitrogen and oxygen atoms in total. The van der Waals surface area contributed by atoms with Crippen LogP contribution in [0.3, 0.4) is 0 Å². The SMILES string of the molecule is C#CC#CC#CC#CC#CC#CC#CC#CC#CC#COC(=C=C)[Si](C)(O[Si](C)(CC[Si](OC[SiH](C)C)(O[SiH](C)C)O[Si](C)(C)C)O[Si](C)(C)C)O[Si](C)(CCCCCCCCCCCC)O[Si](C)(C)O[Si](C)(C)C.O.O.O.O.O.O.O.O.O.O.[HH].[HH].[HH]. The third-order valence-electron chi connectivity index (χ3n) is 9.59. The second-order valence-corrected chi connectivity index (χ2v) is 59.1. The maximum atomic E-state index is 7.66. The molecule has 85 heavy (non-hydrogen) atoms. The average Bonchev–Trinajstić information content (AvgIpc) is 3.25. The van der Waals surface area contributed by atoms with Crippen LogP contribution in [-0.4, -0.2) is 147 Å². The van der Waals surface area contributed by atoms with Gasteiger partial charge in [-0.05, 0) is 164 Å². The third kappa shape index (κ3) is 57.9. The van der Waals surface area contributed by atoms with Gasteiger partial charge < -0.3 is 92.7 Å². The Morgan fingerprint density at radius 2 is 0.776 bits per heavy atom. The Morgan fingerprint density at radius 3 is 1.12 bits per heavy atom. The summed E-state index contributed by atoms with van der Waals surface area (Å²) in [5.74, 6) is 46.1. The summed E-state index contributed by atoms with van der Waals surface area (Å²) in [7, 11) is -25.3. The Morgan fingerprint density at radius 1 is 0.424 bits per heavy atom. The number of unbranched alkanes of at least 4 members (excludes halogenated alkanes) is 9. The first-order chi connectivity index (χ1) is 34.9. The monoisotopic (exact) mass is 1370 g/mol. The normalized spacial score (nSPS) is 12.5. The zero-order chi connectivity index (χ0) is 57.1. The van der Waals surface area contributed by atoms with Gasteiger partial charge in [-0.3, -0.25) is 0 Å². The van der Waals surface area contributed by atoms with E-state index in [2.05, 4.69) is 243 Å². The van der Waals surface area contributed by atoms with Crippen LogP contribution in [0, 0.1) is 119 Å². The number of hydrogen-bond acceptors (Lipinski definition) is 9. The topological polar surface area (TPSA) is 398 Å². The largest absolute Gasteiger partial charge is 0.479 e. The van der Waals surface area contributed by atoms with Crippen LogP contribution in [0.5, 0.6) is 0 Å². The summed E-state index contributed by atoms with van der Waals surface area (Å²) in [6.45, 7) is 45.7. The van der Waals surface area contributed by atoms with Crippen molar-refractivity contribution in [2.24, 2.45) is 0 Å². The van der Waals surface area contributed by atoms with E-state index in [1.165, 1.54) is 44.9 Å². The molecule has 0 fully saturated rings. The van der Waals surface area contributed by atoms with Crippen LogP contribution in [0.1, 0.15) is 75.4 Å². The van der Waals surface area contributed by atoms with Crippen molar-refractivity contribution in [2.45, 2.75) is 207 Å². The van der Waals surface area contributed by atoms with Crippen LogP contribution in [-0.2, 0) is 38.0 Å². The molecule has 20 N–H and O–H groups in total. The molecule has 4 unspecified atom stereocenters. The second-order valence-electron chi connectivity index (χ2n) is 22.5. The van der Waals surface area contributed by atoms with E-state index in [1.807, 2.05) is 6.55 Å². The van der Waals surface area contributed by atoms with Crippen molar-refractivity contribution >= 4 is 85.8 Å². The second kappa shape index (κ2) is 54.5. The summed E-state index contributed by atoms with van der Waals surface area (Å²) >= 11 is 0. The van der Waals surface area contributed by atoms with Crippen LogP contribution < -0.4 is 0 Å². The van der Waals surface area contributed by atoms with Crippen molar-refractivity contribution < 1.29 is 97.0 Å². The lowest BCUT2D eigenvalue weighted by Crippen LogP contribution is -2.63. The number of hydrogen-bond donors (Lipinski definition) is 0. The molecule has 0 aliphatic carbocycles. The van der Waals surface area contributed by atoms with E-state index in [0.29, 0.717) is 18.3 Å². The molecule has 0 saturated carbocycles. The predicted octanol–water partition coefficient (Wildman–Crippen LogP) is 4.75. The van der Waals surface area contributed by atoms with Crippen molar-refractivity contribution in [3.05, 3.63) is 17.7 Å². The first-order valence-corrected chi connectivity index (χ1v) is 54.7. The van der Waals surface area contributed by atoms with Crippen LogP contribution in [0.25, 0.3) is 0 Å². The van der Waals surface area contributed by atoms with Crippen molar-refractivity contribution in [3.8, 4) is 119 Å². The lowest BCUT2D eigenvalue weighted by molar-refractivity contribution is 0.189. The molecular formula is C56H116O19Si10. The van der Waals surface area contributed by atoms with E-state index in [-0.39, 0.29) is 64.4 Å². The molecule has 0 aliphatic rings. The Bertz CT molecular complexity index is 2550. The summed E-state index contributed by atoms with van der Waals surface area (Å²) in [4.78, 5) is 0. The molecule has 0 aliphatic heterocycles. The van der Waals surface area contributed by atoms with Gasteiger partial charge in [0.05, 0.1) is 8.80 Å². The first kappa shape index (κ1) is 106. The highest BCUT2D eigenvalue weighted by Gasteiger charge is 2.57. The van der Waals surface area contributed by atoms with Gasteiger partial charge in [-0.1, -0.05) is 96.5 Å². The zero-order valence-corrected chi connectivity index (χ0v) is 64.8. The summed E-state index contributed by atoms with van der Waals surface area (Å²) in [5.41, 5.74) is 3.08. The predicted molar refractivity (Wildman–Crippen MR) is 381 cm³/mol. The molecule has 0 amide bonds. The minimum absolute atomic E-state index is 0. The Hall–Kier alpha value is -3.63. The van der Waals surface area contributed by atoms with E-state index < -0.39 is 85.8 Å². The van der Waals surface area contributed by atoms with Crippen molar-refractivity contribution in [1.82, 2.24) is 0 Å². The molecular weight excluding hydrogens is 1260 g/mol. The average molecular weight is 1370 g/mol. The molecule has 0 aromatic rings. The Balaban J connectivity index is -0.000000351. The fourth-order valence-corrected chi connectivity index (χ4v) is 49.7. The molecule has 0 heterocycles. The molecule has 0 aromatic heterocycles. The molecule has 0 rings (SSSR count).